The molecule has 19 heavy (non-hydrogen) atoms. The molecule has 1 aromatic carbocycles. The first-order valence-corrected chi connectivity index (χ1v) is 6.82. The summed E-state index contributed by atoms with van der Waals surface area (Å²) in [5, 5.41) is 0. The van der Waals surface area contributed by atoms with E-state index >= 15 is 0 Å². The van der Waals surface area contributed by atoms with Crippen LogP contribution in [0.3, 0.4) is 0 Å². The van der Waals surface area contributed by atoms with E-state index in [-0.39, 0.29) is 5.54 Å². The Balaban J connectivity index is 2.12. The minimum Gasteiger partial charge on any atom is -0.496 e. The number of aryl methyl sites for hydroxylation is 1. The third kappa shape index (κ3) is 3.16. The molecule has 1 aromatic rings. The summed E-state index contributed by atoms with van der Waals surface area (Å²) in [4.78, 5) is 14.0. The Hall–Kier alpha value is -1.35. The van der Waals surface area contributed by atoms with E-state index in [0.29, 0.717) is 18.6 Å². The van der Waals surface area contributed by atoms with Crippen molar-refractivity contribution < 1.29 is 9.53 Å². The van der Waals surface area contributed by atoms with Crippen LogP contribution in [-0.4, -0.2) is 29.9 Å². The van der Waals surface area contributed by atoms with Gasteiger partial charge in [0, 0.05) is 31.5 Å². The summed E-state index contributed by atoms with van der Waals surface area (Å²) >= 11 is 0. The van der Waals surface area contributed by atoms with Crippen LogP contribution in [0.4, 0.5) is 0 Å². The summed E-state index contributed by atoms with van der Waals surface area (Å²) in [5.41, 5.74) is 2.40. The third-order valence-corrected chi connectivity index (χ3v) is 3.98. The zero-order valence-corrected chi connectivity index (χ0v) is 12.3. The van der Waals surface area contributed by atoms with Gasteiger partial charge in [0.15, 0.2) is 0 Å². The number of hydrogen-bond acceptors (Lipinski definition) is 3. The average Bonchev–Trinajstić information content (AvgIpc) is 2.32. The number of likely N-dealkylation sites (tertiary alicyclic amines) is 1. The Morgan fingerprint density at radius 2 is 2.11 bits per heavy atom. The number of Topliss-reactive ketones (excluding diaryl/α,β-unsaturated/α-hetero) is 1. The average molecular weight is 261 g/mol. The monoisotopic (exact) mass is 261 g/mol. The fourth-order valence-electron chi connectivity index (χ4n) is 2.80. The van der Waals surface area contributed by atoms with Gasteiger partial charge in [-0.05, 0) is 38.0 Å². The van der Waals surface area contributed by atoms with Crippen molar-refractivity contribution in [2.75, 3.05) is 13.7 Å². The number of ether oxygens (including phenoxy) is 1. The second kappa shape index (κ2) is 5.33. The van der Waals surface area contributed by atoms with Crippen molar-refractivity contribution in [3.63, 3.8) is 0 Å². The topological polar surface area (TPSA) is 29.5 Å². The SMILES string of the molecule is COc1ccc(CN2CCC(=O)CC2(C)C)cc1C. The molecule has 0 spiro atoms. The van der Waals surface area contributed by atoms with Gasteiger partial charge < -0.3 is 4.74 Å². The standard InChI is InChI=1S/C16H23NO2/c1-12-9-13(5-6-15(12)19-4)11-17-8-7-14(18)10-16(17,2)3/h5-6,9H,7-8,10-11H2,1-4H3. The van der Waals surface area contributed by atoms with E-state index in [1.807, 2.05) is 6.07 Å². The number of ketones is 1. The second-order valence-electron chi connectivity index (χ2n) is 6.00. The van der Waals surface area contributed by atoms with Crippen LogP contribution in [0.15, 0.2) is 18.2 Å². The maximum Gasteiger partial charge on any atom is 0.136 e. The fraction of sp³-hybridized carbons (Fsp3) is 0.562. The molecule has 0 radical (unpaired) electrons. The fourth-order valence-corrected chi connectivity index (χ4v) is 2.80. The molecule has 0 aliphatic carbocycles. The van der Waals surface area contributed by atoms with Gasteiger partial charge in [0.25, 0.3) is 0 Å². The number of piperidine rings is 1. The van der Waals surface area contributed by atoms with Crippen LogP contribution in [0, 0.1) is 6.92 Å². The predicted molar refractivity (Wildman–Crippen MR) is 76.5 cm³/mol. The Morgan fingerprint density at radius 1 is 1.37 bits per heavy atom. The van der Waals surface area contributed by atoms with E-state index < -0.39 is 0 Å². The van der Waals surface area contributed by atoms with Crippen molar-refractivity contribution in [1.29, 1.82) is 0 Å². The number of methoxy groups -OCH3 is 1. The number of hydrogen-bond donors (Lipinski definition) is 0. The van der Waals surface area contributed by atoms with Crippen LogP contribution in [0.2, 0.25) is 0 Å². The first kappa shape index (κ1) is 14.1. The molecule has 1 heterocycles. The summed E-state index contributed by atoms with van der Waals surface area (Å²) < 4.78 is 5.29. The molecule has 0 saturated carbocycles. The van der Waals surface area contributed by atoms with Crippen molar-refractivity contribution >= 4 is 5.78 Å². The molecule has 0 atom stereocenters. The number of nitrogens with zero attached hydrogens (tertiary/aromatic N) is 1. The van der Waals surface area contributed by atoms with Gasteiger partial charge in [0.05, 0.1) is 7.11 Å². The number of benzene rings is 1. The van der Waals surface area contributed by atoms with Crippen molar-refractivity contribution in [1.82, 2.24) is 4.90 Å². The van der Waals surface area contributed by atoms with E-state index in [0.717, 1.165) is 24.4 Å². The summed E-state index contributed by atoms with van der Waals surface area (Å²) in [6.07, 6.45) is 1.33. The van der Waals surface area contributed by atoms with Gasteiger partial charge in [-0.25, -0.2) is 0 Å². The van der Waals surface area contributed by atoms with E-state index in [1.54, 1.807) is 7.11 Å². The minimum atomic E-state index is -0.0385. The predicted octanol–water partition coefficient (Wildman–Crippen LogP) is 2.95. The van der Waals surface area contributed by atoms with Gasteiger partial charge in [-0.1, -0.05) is 12.1 Å². The molecule has 3 heteroatoms. The molecule has 0 aromatic heterocycles. The van der Waals surface area contributed by atoms with Crippen molar-refractivity contribution in [3.8, 4) is 5.75 Å². The Labute approximate surface area is 115 Å². The number of carbonyl (C=O) groups excluding carboxylic acids is 1. The highest BCUT2D eigenvalue weighted by Crippen LogP contribution is 2.28. The molecule has 1 saturated heterocycles. The van der Waals surface area contributed by atoms with E-state index in [2.05, 4.69) is 37.8 Å². The molecule has 1 aliphatic heterocycles. The normalized spacial score (nSPS) is 19.5. The van der Waals surface area contributed by atoms with Crippen molar-refractivity contribution in [2.45, 2.75) is 45.7 Å². The first-order chi connectivity index (χ1) is 8.92. The van der Waals surface area contributed by atoms with Crippen LogP contribution in [-0.2, 0) is 11.3 Å². The minimum absolute atomic E-state index is 0.0385. The van der Waals surface area contributed by atoms with Gasteiger partial charge >= 0.3 is 0 Å². The van der Waals surface area contributed by atoms with E-state index in [1.165, 1.54) is 5.56 Å². The van der Waals surface area contributed by atoms with E-state index in [9.17, 15) is 4.79 Å². The third-order valence-electron chi connectivity index (χ3n) is 3.98. The molecule has 3 nitrogen and oxygen atoms in total. The van der Waals surface area contributed by atoms with Gasteiger partial charge in [-0.3, -0.25) is 9.69 Å². The quantitative estimate of drug-likeness (QED) is 0.838. The van der Waals surface area contributed by atoms with Gasteiger partial charge in [-0.2, -0.15) is 0 Å². The second-order valence-corrected chi connectivity index (χ2v) is 6.00. The first-order valence-electron chi connectivity index (χ1n) is 6.82. The summed E-state index contributed by atoms with van der Waals surface area (Å²) in [5.74, 6) is 1.31. The molecule has 104 valence electrons. The molecular weight excluding hydrogens is 238 g/mol. The summed E-state index contributed by atoms with van der Waals surface area (Å²) in [6, 6.07) is 6.30. The van der Waals surface area contributed by atoms with Crippen LogP contribution in [0.25, 0.3) is 0 Å². The molecule has 1 aliphatic rings. The van der Waals surface area contributed by atoms with Crippen molar-refractivity contribution in [2.24, 2.45) is 0 Å². The lowest BCUT2D eigenvalue weighted by Gasteiger charge is -2.41. The Bertz CT molecular complexity index is 480. The van der Waals surface area contributed by atoms with Crippen molar-refractivity contribution in [3.05, 3.63) is 29.3 Å². The van der Waals surface area contributed by atoms with Gasteiger partial charge in [0.2, 0.25) is 0 Å². The van der Waals surface area contributed by atoms with Gasteiger partial charge in [-0.15, -0.1) is 0 Å². The van der Waals surface area contributed by atoms with Gasteiger partial charge in [0.1, 0.15) is 11.5 Å². The molecule has 0 unspecified atom stereocenters. The number of rotatable bonds is 3. The Kier molecular flexibility index (Phi) is 3.95. The maximum atomic E-state index is 11.6. The maximum absolute atomic E-state index is 11.6. The Morgan fingerprint density at radius 3 is 2.68 bits per heavy atom. The highest BCUT2D eigenvalue weighted by Gasteiger charge is 2.33. The molecule has 0 amide bonds. The smallest absolute Gasteiger partial charge is 0.136 e. The largest absolute Gasteiger partial charge is 0.496 e. The zero-order valence-electron chi connectivity index (χ0n) is 12.3. The van der Waals surface area contributed by atoms with Crippen LogP contribution >= 0.6 is 0 Å². The lowest BCUT2D eigenvalue weighted by atomic mass is 9.89. The molecule has 0 bridgehead atoms. The lowest BCUT2D eigenvalue weighted by molar-refractivity contribution is -0.125. The van der Waals surface area contributed by atoms with Crippen LogP contribution in [0.5, 0.6) is 5.75 Å². The van der Waals surface area contributed by atoms with E-state index in [4.69, 9.17) is 4.74 Å². The van der Waals surface area contributed by atoms with Crippen LogP contribution in [0.1, 0.15) is 37.8 Å². The number of carbonyl (C=O) groups is 1. The molecule has 1 fully saturated rings. The zero-order chi connectivity index (χ0) is 14.0. The highest BCUT2D eigenvalue weighted by atomic mass is 16.5. The summed E-state index contributed by atoms with van der Waals surface area (Å²) in [7, 11) is 1.70. The lowest BCUT2D eigenvalue weighted by Crippen LogP contribution is -2.49. The molecule has 2 rings (SSSR count). The molecular formula is C16H23NO2. The molecule has 0 N–H and O–H groups in total. The highest BCUT2D eigenvalue weighted by molar-refractivity contribution is 5.80. The summed E-state index contributed by atoms with van der Waals surface area (Å²) in [6.45, 7) is 8.12. The van der Waals surface area contributed by atoms with Crippen LogP contribution < -0.4 is 4.74 Å².